The van der Waals surface area contributed by atoms with Gasteiger partial charge >= 0.3 is 0 Å². The van der Waals surface area contributed by atoms with E-state index in [0.717, 1.165) is 59.6 Å². The highest BCUT2D eigenvalue weighted by Crippen LogP contribution is 2.37. The molecule has 42 heavy (non-hydrogen) atoms. The summed E-state index contributed by atoms with van der Waals surface area (Å²) in [4.78, 5) is 39.6. The second-order valence-corrected chi connectivity index (χ2v) is 10.8. The Morgan fingerprint density at radius 3 is 2.40 bits per heavy atom. The normalized spacial score (nSPS) is 13.6. The molecule has 0 saturated carbocycles. The number of aromatic nitrogens is 2. The molecule has 4 aromatic rings. The quantitative estimate of drug-likeness (QED) is 0.268. The maximum atomic E-state index is 12.5. The molecule has 0 aliphatic carbocycles. The molecule has 0 atom stereocenters. The number of benzene rings is 3. The summed E-state index contributed by atoms with van der Waals surface area (Å²) in [6.07, 6.45) is 5.09. The number of carbonyl (C=O) groups is 2. The van der Waals surface area contributed by atoms with Crippen LogP contribution in [0.25, 0.3) is 22.0 Å². The largest absolute Gasteiger partial charge is 0.368 e. The number of para-hydroxylation sites is 1. The van der Waals surface area contributed by atoms with E-state index in [1.165, 1.54) is 6.08 Å². The lowest BCUT2D eigenvalue weighted by Crippen LogP contribution is -2.48. The van der Waals surface area contributed by atoms with Gasteiger partial charge in [-0.15, -0.1) is 0 Å². The zero-order valence-electron chi connectivity index (χ0n) is 24.0. The maximum absolute atomic E-state index is 12.5. The highest BCUT2D eigenvalue weighted by molar-refractivity contribution is 6.37. The molecule has 1 saturated heterocycles. The number of carbonyl (C=O) groups excluding carboxylic acids is 2. The molecule has 0 unspecified atom stereocenters. The molecule has 0 bridgehead atoms. The highest BCUT2D eigenvalue weighted by Gasteiger charge is 2.19. The van der Waals surface area contributed by atoms with Crippen LogP contribution in [0.5, 0.6) is 0 Å². The molecule has 2 N–H and O–H groups in total. The summed E-state index contributed by atoms with van der Waals surface area (Å²) in [7, 11) is 3.88. The number of anilines is 4. The Labute approximate surface area is 250 Å². The summed E-state index contributed by atoms with van der Waals surface area (Å²) in [6, 6.07) is 19.5. The number of nitrogens with zero attached hydrogens (tertiary/aromatic N) is 5. The van der Waals surface area contributed by atoms with Crippen molar-refractivity contribution in [3.05, 3.63) is 84.0 Å². The molecule has 1 aliphatic heterocycles. The fourth-order valence-corrected chi connectivity index (χ4v) is 5.15. The molecule has 9 nitrogen and oxygen atoms in total. The fraction of sp³-hybridized carbons (Fsp3) is 0.250. The van der Waals surface area contributed by atoms with Gasteiger partial charge < -0.3 is 25.3 Å². The highest BCUT2D eigenvalue weighted by atomic mass is 35.5. The van der Waals surface area contributed by atoms with Crippen molar-refractivity contribution < 1.29 is 9.59 Å². The van der Waals surface area contributed by atoms with E-state index >= 15 is 0 Å². The van der Waals surface area contributed by atoms with Crippen molar-refractivity contribution in [2.75, 3.05) is 62.4 Å². The smallest absolute Gasteiger partial charge is 0.248 e. The molecule has 1 fully saturated rings. The van der Waals surface area contributed by atoms with Crippen LogP contribution in [0.3, 0.4) is 0 Å². The summed E-state index contributed by atoms with van der Waals surface area (Å²) in [5.41, 5.74) is 4.84. The van der Waals surface area contributed by atoms with Gasteiger partial charge in [-0.1, -0.05) is 48.0 Å². The van der Waals surface area contributed by atoms with Crippen LogP contribution >= 0.6 is 11.6 Å². The molecule has 10 heteroatoms. The molecule has 5 rings (SSSR count). The Morgan fingerprint density at radius 2 is 1.69 bits per heavy atom. The summed E-state index contributed by atoms with van der Waals surface area (Å²) < 4.78 is 0. The number of piperazine rings is 1. The molecule has 1 aromatic heterocycles. The minimum atomic E-state index is -0.244. The number of amides is 2. The average molecular weight is 584 g/mol. The second-order valence-electron chi connectivity index (χ2n) is 10.4. The Hall–Kier alpha value is -4.47. The third-order valence-corrected chi connectivity index (χ3v) is 7.52. The van der Waals surface area contributed by atoms with Crippen LogP contribution in [0.15, 0.2) is 79.0 Å². The van der Waals surface area contributed by atoms with E-state index < -0.39 is 0 Å². The Morgan fingerprint density at radius 1 is 0.976 bits per heavy atom. The van der Waals surface area contributed by atoms with E-state index in [4.69, 9.17) is 16.6 Å². The third-order valence-electron chi connectivity index (χ3n) is 7.11. The van der Waals surface area contributed by atoms with E-state index in [1.807, 2.05) is 66.4 Å². The van der Waals surface area contributed by atoms with Crippen LogP contribution in [-0.2, 0) is 9.59 Å². The number of nitrogens with one attached hydrogen (secondary N) is 2. The van der Waals surface area contributed by atoms with Crippen LogP contribution in [0.1, 0.15) is 6.92 Å². The minimum Gasteiger partial charge on any atom is -0.368 e. The molecule has 3 aromatic carbocycles. The van der Waals surface area contributed by atoms with Gasteiger partial charge in [-0.3, -0.25) is 9.59 Å². The number of likely N-dealkylation sites (N-methyl/N-ethyl adjacent to an activating group) is 1. The number of rotatable bonds is 8. The average Bonchev–Trinajstić information content (AvgIpc) is 2.98. The third kappa shape index (κ3) is 6.87. The van der Waals surface area contributed by atoms with Crippen molar-refractivity contribution in [2.45, 2.75) is 6.92 Å². The van der Waals surface area contributed by atoms with E-state index in [0.29, 0.717) is 23.2 Å². The van der Waals surface area contributed by atoms with Gasteiger partial charge in [0.05, 0.1) is 16.2 Å². The summed E-state index contributed by atoms with van der Waals surface area (Å²) in [6.45, 7) is 5.36. The first-order chi connectivity index (χ1) is 20.3. The van der Waals surface area contributed by atoms with Crippen molar-refractivity contribution in [1.29, 1.82) is 0 Å². The predicted molar refractivity (Wildman–Crippen MR) is 170 cm³/mol. The molecule has 216 valence electrons. The topological polar surface area (TPSA) is 93.7 Å². The molecule has 0 spiro atoms. The fourth-order valence-electron chi connectivity index (χ4n) is 4.88. The molecular formula is C32H34ClN7O2. The maximum Gasteiger partial charge on any atom is 0.248 e. The number of fused-ring (bicyclic) bond motifs is 1. The van der Waals surface area contributed by atoms with Crippen LogP contribution in [-0.4, -0.2) is 78.4 Å². The summed E-state index contributed by atoms with van der Waals surface area (Å²) in [5, 5.41) is 7.50. The SMILES string of the molecule is CC(=O)N1CCN(c2ccc(Nc3ncc4cccc(-c5cccc(NC(=O)/C=C/CN(C)C)c5Cl)c4n3)cc2)CC1. The molecular weight excluding hydrogens is 550 g/mol. The second kappa shape index (κ2) is 13.0. The van der Waals surface area contributed by atoms with Crippen molar-refractivity contribution in [3.63, 3.8) is 0 Å². The van der Waals surface area contributed by atoms with E-state index in [-0.39, 0.29) is 11.8 Å². The van der Waals surface area contributed by atoms with Crippen LogP contribution in [0, 0.1) is 0 Å². The number of hydrogen-bond acceptors (Lipinski definition) is 7. The van der Waals surface area contributed by atoms with Crippen molar-refractivity contribution in [2.24, 2.45) is 0 Å². The van der Waals surface area contributed by atoms with E-state index in [2.05, 4.69) is 32.7 Å². The minimum absolute atomic E-state index is 0.123. The Bertz CT molecular complexity index is 1610. The van der Waals surface area contributed by atoms with Crippen LogP contribution in [0.2, 0.25) is 5.02 Å². The first kappa shape index (κ1) is 29.0. The van der Waals surface area contributed by atoms with E-state index in [1.54, 1.807) is 25.3 Å². The molecule has 1 aliphatic rings. The monoisotopic (exact) mass is 583 g/mol. The van der Waals surface area contributed by atoms with Crippen molar-refractivity contribution in [1.82, 2.24) is 19.8 Å². The summed E-state index contributed by atoms with van der Waals surface area (Å²) >= 11 is 6.81. The number of halogens is 1. The van der Waals surface area contributed by atoms with Gasteiger partial charge in [0.1, 0.15) is 0 Å². The van der Waals surface area contributed by atoms with Gasteiger partial charge in [0.25, 0.3) is 0 Å². The predicted octanol–water partition coefficient (Wildman–Crippen LogP) is 5.42. The first-order valence-corrected chi connectivity index (χ1v) is 14.2. The lowest BCUT2D eigenvalue weighted by Gasteiger charge is -2.35. The first-order valence-electron chi connectivity index (χ1n) is 13.8. The van der Waals surface area contributed by atoms with Gasteiger partial charge in [0.15, 0.2) is 0 Å². The van der Waals surface area contributed by atoms with Crippen molar-refractivity contribution in [3.8, 4) is 11.1 Å². The van der Waals surface area contributed by atoms with E-state index in [9.17, 15) is 9.59 Å². The summed E-state index contributed by atoms with van der Waals surface area (Å²) in [5.74, 6) is 0.342. The zero-order chi connectivity index (χ0) is 29.6. The zero-order valence-corrected chi connectivity index (χ0v) is 24.7. The van der Waals surface area contributed by atoms with Gasteiger partial charge in [0, 0.05) is 79.8 Å². The Kier molecular flexibility index (Phi) is 9.00. The molecule has 2 heterocycles. The number of hydrogen-bond donors (Lipinski definition) is 2. The molecule has 2 amide bonds. The van der Waals surface area contributed by atoms with Crippen molar-refractivity contribution >= 4 is 57.3 Å². The lowest BCUT2D eigenvalue weighted by atomic mass is 10.0. The van der Waals surface area contributed by atoms with Gasteiger partial charge in [0.2, 0.25) is 17.8 Å². The van der Waals surface area contributed by atoms with Gasteiger partial charge in [-0.05, 0) is 44.4 Å². The molecule has 0 radical (unpaired) electrons. The van der Waals surface area contributed by atoms with Gasteiger partial charge in [-0.25, -0.2) is 9.97 Å². The van der Waals surface area contributed by atoms with Crippen LogP contribution < -0.4 is 15.5 Å². The standard InChI is InChI=1S/C32H34ClN7O2/c1-22(41)39-17-19-40(20-18-39)25-14-12-24(13-15-25)35-32-34-21-23-7-4-9-27(31(23)37-32)26-8-5-10-28(30(26)33)36-29(42)11-6-16-38(2)3/h4-15,21H,16-20H2,1-3H3,(H,36,42)(H,34,35,37)/b11-6+. The van der Waals surface area contributed by atoms with Crippen LogP contribution in [0.4, 0.5) is 23.0 Å². The lowest BCUT2D eigenvalue weighted by molar-refractivity contribution is -0.129. The van der Waals surface area contributed by atoms with Gasteiger partial charge in [-0.2, -0.15) is 0 Å². The Balaban J connectivity index is 1.34.